The number of fused-ring (bicyclic) bond motifs is 1. The highest BCUT2D eigenvalue weighted by atomic mass is 32.2. The van der Waals surface area contributed by atoms with Crippen LogP contribution in [0.2, 0.25) is 0 Å². The van der Waals surface area contributed by atoms with Crippen LogP contribution >= 0.6 is 0 Å². The molecular weight excluding hydrogens is 405 g/mol. The van der Waals surface area contributed by atoms with Crippen molar-refractivity contribution in [2.45, 2.75) is 9.79 Å². The van der Waals surface area contributed by atoms with E-state index in [2.05, 4.69) is 4.98 Å². The zero-order valence-electron chi connectivity index (χ0n) is 16.3. The average Bonchev–Trinajstić information content (AvgIpc) is 2.78. The van der Waals surface area contributed by atoms with E-state index in [0.29, 0.717) is 33.5 Å². The van der Waals surface area contributed by atoms with Gasteiger partial charge >= 0.3 is 0 Å². The van der Waals surface area contributed by atoms with Crippen LogP contribution in [0.3, 0.4) is 0 Å². The molecule has 0 aliphatic rings. The van der Waals surface area contributed by atoms with Crippen molar-refractivity contribution in [2.75, 3.05) is 14.2 Å². The van der Waals surface area contributed by atoms with Crippen molar-refractivity contribution in [3.63, 3.8) is 0 Å². The van der Waals surface area contributed by atoms with E-state index >= 15 is 0 Å². The van der Waals surface area contributed by atoms with Crippen LogP contribution in [0.4, 0.5) is 4.39 Å². The maximum absolute atomic E-state index is 14.1. The first-order valence-corrected chi connectivity index (χ1v) is 10.5. The van der Waals surface area contributed by atoms with Gasteiger partial charge in [-0.15, -0.1) is 0 Å². The van der Waals surface area contributed by atoms with Crippen molar-refractivity contribution in [1.82, 2.24) is 4.98 Å². The predicted molar refractivity (Wildman–Crippen MR) is 112 cm³/mol. The number of sulfone groups is 1. The Bertz CT molecular complexity index is 1350. The number of hydrogen-bond donors (Lipinski definition) is 0. The first kappa shape index (κ1) is 19.8. The van der Waals surface area contributed by atoms with E-state index in [1.807, 2.05) is 0 Å². The maximum Gasteiger partial charge on any atom is 0.208 e. The first-order chi connectivity index (χ1) is 14.4. The minimum atomic E-state index is -3.98. The molecule has 0 aliphatic carbocycles. The molecule has 0 atom stereocenters. The minimum Gasteiger partial charge on any atom is -0.497 e. The SMILES string of the molecule is COc1cccc(-c2c(S(=O)(=O)c3cccc(OC)c3)cnc3ccc(F)cc23)c1. The monoisotopic (exact) mass is 423 g/mol. The highest BCUT2D eigenvalue weighted by Crippen LogP contribution is 2.38. The molecule has 3 aromatic carbocycles. The Labute approximate surface area is 173 Å². The van der Waals surface area contributed by atoms with Gasteiger partial charge in [0.1, 0.15) is 17.3 Å². The lowest BCUT2D eigenvalue weighted by molar-refractivity contribution is 0.413. The van der Waals surface area contributed by atoms with Gasteiger partial charge < -0.3 is 9.47 Å². The summed E-state index contributed by atoms with van der Waals surface area (Å²) in [5.74, 6) is 0.488. The van der Waals surface area contributed by atoms with Gasteiger partial charge in [-0.25, -0.2) is 12.8 Å². The van der Waals surface area contributed by atoms with Gasteiger partial charge in [0.15, 0.2) is 0 Å². The Morgan fingerprint density at radius 3 is 2.30 bits per heavy atom. The number of ether oxygens (including phenoxy) is 2. The quantitative estimate of drug-likeness (QED) is 0.457. The molecule has 5 nitrogen and oxygen atoms in total. The molecule has 30 heavy (non-hydrogen) atoms. The van der Waals surface area contributed by atoms with Crippen LogP contribution in [0.5, 0.6) is 11.5 Å². The van der Waals surface area contributed by atoms with E-state index < -0.39 is 15.7 Å². The van der Waals surface area contributed by atoms with Gasteiger partial charge in [-0.3, -0.25) is 4.98 Å². The van der Waals surface area contributed by atoms with E-state index in [1.54, 1.807) is 36.4 Å². The molecule has 0 fully saturated rings. The summed E-state index contributed by atoms with van der Waals surface area (Å²) in [6, 6.07) is 17.3. The van der Waals surface area contributed by atoms with Crippen molar-refractivity contribution >= 4 is 20.7 Å². The zero-order valence-corrected chi connectivity index (χ0v) is 17.1. The summed E-state index contributed by atoms with van der Waals surface area (Å²) in [6.07, 6.45) is 1.31. The van der Waals surface area contributed by atoms with Crippen molar-refractivity contribution in [3.8, 4) is 22.6 Å². The van der Waals surface area contributed by atoms with E-state index in [1.165, 1.54) is 50.7 Å². The lowest BCUT2D eigenvalue weighted by Gasteiger charge is -2.15. The second-order valence-electron chi connectivity index (χ2n) is 6.57. The van der Waals surface area contributed by atoms with Crippen LogP contribution in [0.25, 0.3) is 22.0 Å². The smallest absolute Gasteiger partial charge is 0.208 e. The molecule has 0 bridgehead atoms. The maximum atomic E-state index is 14.1. The molecule has 1 aromatic heterocycles. The Morgan fingerprint density at radius 1 is 0.867 bits per heavy atom. The minimum absolute atomic E-state index is 0.0258. The van der Waals surface area contributed by atoms with Gasteiger partial charge in [-0.2, -0.15) is 0 Å². The predicted octanol–water partition coefficient (Wildman–Crippen LogP) is 4.89. The number of aromatic nitrogens is 1. The molecule has 0 saturated carbocycles. The fourth-order valence-corrected chi connectivity index (χ4v) is 4.79. The van der Waals surface area contributed by atoms with Crippen molar-refractivity contribution < 1.29 is 22.3 Å². The van der Waals surface area contributed by atoms with Crippen LogP contribution in [0, 0.1) is 5.82 Å². The van der Waals surface area contributed by atoms with Crippen molar-refractivity contribution in [1.29, 1.82) is 0 Å². The zero-order chi connectivity index (χ0) is 21.3. The summed E-state index contributed by atoms with van der Waals surface area (Å²) in [4.78, 5) is 4.31. The molecule has 4 rings (SSSR count). The van der Waals surface area contributed by atoms with Crippen LogP contribution in [-0.2, 0) is 9.84 Å². The van der Waals surface area contributed by atoms with E-state index in [0.717, 1.165) is 0 Å². The third-order valence-corrected chi connectivity index (χ3v) is 6.56. The van der Waals surface area contributed by atoms with Gasteiger partial charge in [0, 0.05) is 17.1 Å². The Balaban J connectivity index is 2.07. The fraction of sp³-hybridized carbons (Fsp3) is 0.0870. The second kappa shape index (κ2) is 7.76. The first-order valence-electron chi connectivity index (χ1n) is 9.06. The van der Waals surface area contributed by atoms with Gasteiger partial charge in [0.25, 0.3) is 0 Å². The van der Waals surface area contributed by atoms with Gasteiger partial charge in [-0.05, 0) is 54.1 Å². The molecule has 4 aromatic rings. The van der Waals surface area contributed by atoms with Crippen molar-refractivity contribution in [2.24, 2.45) is 0 Å². The molecule has 0 amide bonds. The summed E-state index contributed by atoms with van der Waals surface area (Å²) in [7, 11) is -0.989. The average molecular weight is 423 g/mol. The fourth-order valence-electron chi connectivity index (χ4n) is 3.32. The Morgan fingerprint density at radius 2 is 1.57 bits per heavy atom. The number of rotatable bonds is 5. The highest BCUT2D eigenvalue weighted by Gasteiger charge is 2.25. The van der Waals surface area contributed by atoms with Crippen molar-refractivity contribution in [3.05, 3.63) is 78.7 Å². The molecule has 0 saturated heterocycles. The largest absolute Gasteiger partial charge is 0.497 e. The molecule has 7 heteroatoms. The summed E-state index contributed by atoms with van der Waals surface area (Å²) >= 11 is 0. The third kappa shape index (κ3) is 3.48. The third-order valence-electron chi connectivity index (χ3n) is 4.79. The number of pyridine rings is 1. The summed E-state index contributed by atoms with van der Waals surface area (Å²) in [5, 5.41) is 0.396. The van der Waals surface area contributed by atoms with Gasteiger partial charge in [0.2, 0.25) is 9.84 Å². The highest BCUT2D eigenvalue weighted by molar-refractivity contribution is 7.91. The summed E-state index contributed by atoms with van der Waals surface area (Å²) < 4.78 is 51.7. The number of nitrogens with zero attached hydrogens (tertiary/aromatic N) is 1. The molecule has 0 radical (unpaired) electrons. The van der Waals surface area contributed by atoms with E-state index in [4.69, 9.17) is 9.47 Å². The molecule has 1 heterocycles. The molecular formula is C23H18FNO4S. The van der Waals surface area contributed by atoms with Gasteiger partial charge in [-0.1, -0.05) is 18.2 Å². The number of benzene rings is 3. The summed E-state index contributed by atoms with van der Waals surface area (Å²) in [5.41, 5.74) is 1.42. The number of halogens is 1. The van der Waals surface area contributed by atoms with Crippen LogP contribution in [0.15, 0.2) is 82.7 Å². The summed E-state index contributed by atoms with van der Waals surface area (Å²) in [6.45, 7) is 0. The molecule has 0 unspecified atom stereocenters. The molecule has 0 N–H and O–H groups in total. The molecule has 0 spiro atoms. The number of methoxy groups -OCH3 is 2. The molecule has 152 valence electrons. The standard InChI is InChI=1S/C23H18FNO4S/c1-28-17-6-3-5-15(11-17)23-20-12-16(24)9-10-21(20)25-14-22(23)30(26,27)19-8-4-7-18(13-19)29-2/h3-14H,1-2H3. The number of hydrogen-bond acceptors (Lipinski definition) is 5. The lowest BCUT2D eigenvalue weighted by Crippen LogP contribution is -2.06. The Kier molecular flexibility index (Phi) is 5.13. The van der Waals surface area contributed by atoms with E-state index in [9.17, 15) is 12.8 Å². The van der Waals surface area contributed by atoms with Crippen LogP contribution < -0.4 is 9.47 Å². The lowest BCUT2D eigenvalue weighted by atomic mass is 10.0. The van der Waals surface area contributed by atoms with E-state index in [-0.39, 0.29) is 9.79 Å². The van der Waals surface area contributed by atoms with Crippen LogP contribution in [-0.4, -0.2) is 27.6 Å². The van der Waals surface area contributed by atoms with Gasteiger partial charge in [0.05, 0.1) is 29.5 Å². The topological polar surface area (TPSA) is 65.5 Å². The Hall–Kier alpha value is -3.45. The van der Waals surface area contributed by atoms with Crippen LogP contribution in [0.1, 0.15) is 0 Å². The second-order valence-corrected chi connectivity index (χ2v) is 8.49. The molecule has 0 aliphatic heterocycles. The normalized spacial score (nSPS) is 11.4.